The van der Waals surface area contributed by atoms with Crippen molar-refractivity contribution in [2.75, 3.05) is 0 Å². The summed E-state index contributed by atoms with van der Waals surface area (Å²) in [6, 6.07) is 12.1. The number of para-hydroxylation sites is 1. The minimum absolute atomic E-state index is 0. The summed E-state index contributed by atoms with van der Waals surface area (Å²) in [6.07, 6.45) is 0. The van der Waals surface area contributed by atoms with Crippen molar-refractivity contribution in [2.45, 2.75) is 13.8 Å². The molecule has 0 saturated heterocycles. The van der Waals surface area contributed by atoms with Crippen molar-refractivity contribution in [3.63, 3.8) is 0 Å². The zero-order chi connectivity index (χ0) is 15.9. The molecule has 4 nitrogen and oxygen atoms in total. The van der Waals surface area contributed by atoms with Crippen LogP contribution in [0.25, 0.3) is 22.3 Å². The Morgan fingerprint density at radius 3 is 2.43 bits per heavy atom. The summed E-state index contributed by atoms with van der Waals surface area (Å²) in [6.45, 7) is 3.64. The van der Waals surface area contributed by atoms with Crippen LogP contribution in [0, 0.1) is 13.8 Å². The van der Waals surface area contributed by atoms with Crippen LogP contribution in [0.5, 0.6) is 0 Å². The minimum Gasteiger partial charge on any atom is -0.478 e. The van der Waals surface area contributed by atoms with Crippen molar-refractivity contribution in [3.8, 4) is 11.3 Å². The molecule has 0 unspecified atom stereocenters. The number of benzene rings is 2. The highest BCUT2D eigenvalue weighted by molar-refractivity contribution is 6.01. The second-order valence-corrected chi connectivity index (χ2v) is 5.24. The van der Waals surface area contributed by atoms with Gasteiger partial charge in [-0.05, 0) is 32.0 Å². The quantitative estimate of drug-likeness (QED) is 0.764. The molecule has 0 bridgehead atoms. The fourth-order valence-electron chi connectivity index (χ4n) is 2.54. The van der Waals surface area contributed by atoms with Gasteiger partial charge in [-0.3, -0.25) is 4.79 Å². The number of halogens is 1. The van der Waals surface area contributed by atoms with Gasteiger partial charge in [-0.2, -0.15) is 0 Å². The monoisotopic (exact) mass is 330 g/mol. The average molecular weight is 331 g/mol. The minimum atomic E-state index is -1.12. The molecule has 0 amide bonds. The van der Waals surface area contributed by atoms with Gasteiger partial charge in [-0.25, -0.2) is 4.79 Å². The van der Waals surface area contributed by atoms with Gasteiger partial charge in [0, 0.05) is 11.1 Å². The number of carbonyl (C=O) groups is 1. The standard InChI is InChI=1S/C18H14O4.ClH/c1-10-5-3-6-12(9-10)16-11(2)15(19)13-7-4-8-14(18(20)21)17(13)22-16;/h3-9H,1-2H3,(H,20,21);1H. The Labute approximate surface area is 138 Å². The highest BCUT2D eigenvalue weighted by Gasteiger charge is 2.17. The van der Waals surface area contributed by atoms with Crippen LogP contribution in [0.1, 0.15) is 21.5 Å². The Balaban J connectivity index is 0.00000192. The summed E-state index contributed by atoms with van der Waals surface area (Å²) in [4.78, 5) is 23.9. The van der Waals surface area contributed by atoms with Crippen molar-refractivity contribution >= 4 is 29.3 Å². The lowest BCUT2D eigenvalue weighted by Crippen LogP contribution is -2.09. The smallest absolute Gasteiger partial charge is 0.339 e. The van der Waals surface area contributed by atoms with Crippen LogP contribution < -0.4 is 5.43 Å². The first-order chi connectivity index (χ1) is 10.5. The number of hydrogen-bond donors (Lipinski definition) is 1. The molecule has 1 aromatic heterocycles. The predicted molar refractivity (Wildman–Crippen MR) is 91.6 cm³/mol. The number of carboxylic acids is 1. The Bertz CT molecular complexity index is 957. The first kappa shape index (κ1) is 16.8. The maximum absolute atomic E-state index is 12.5. The van der Waals surface area contributed by atoms with Gasteiger partial charge in [-0.15, -0.1) is 12.4 Å². The predicted octanol–water partition coefficient (Wildman–Crippen LogP) is 4.20. The van der Waals surface area contributed by atoms with E-state index in [2.05, 4.69) is 0 Å². The molecule has 0 saturated carbocycles. The van der Waals surface area contributed by atoms with E-state index in [4.69, 9.17) is 4.42 Å². The van der Waals surface area contributed by atoms with E-state index in [1.54, 1.807) is 19.1 Å². The number of aryl methyl sites for hydroxylation is 1. The summed E-state index contributed by atoms with van der Waals surface area (Å²) in [5.74, 6) is -0.706. The highest BCUT2D eigenvalue weighted by atomic mass is 35.5. The Kier molecular flexibility index (Phi) is 4.57. The third kappa shape index (κ3) is 2.85. The second kappa shape index (κ2) is 6.26. The number of hydrogen-bond acceptors (Lipinski definition) is 3. The van der Waals surface area contributed by atoms with Gasteiger partial charge >= 0.3 is 5.97 Å². The van der Waals surface area contributed by atoms with Crippen LogP contribution in [-0.2, 0) is 0 Å². The van der Waals surface area contributed by atoms with Crippen LogP contribution in [0.2, 0.25) is 0 Å². The van der Waals surface area contributed by atoms with Crippen LogP contribution in [0.15, 0.2) is 51.7 Å². The average Bonchev–Trinajstić information content (AvgIpc) is 2.50. The fourth-order valence-corrected chi connectivity index (χ4v) is 2.54. The van der Waals surface area contributed by atoms with Gasteiger partial charge in [0.05, 0.1) is 5.39 Å². The van der Waals surface area contributed by atoms with E-state index < -0.39 is 5.97 Å². The van der Waals surface area contributed by atoms with Crippen molar-refractivity contribution in [1.82, 2.24) is 0 Å². The van der Waals surface area contributed by atoms with E-state index in [1.807, 2.05) is 31.2 Å². The SMILES string of the molecule is Cc1cccc(-c2oc3c(C(=O)O)cccc3c(=O)c2C)c1.Cl. The largest absolute Gasteiger partial charge is 0.478 e. The third-order valence-electron chi connectivity index (χ3n) is 3.66. The summed E-state index contributed by atoms with van der Waals surface area (Å²) in [5, 5.41) is 9.57. The molecule has 0 atom stereocenters. The number of aromatic carboxylic acids is 1. The van der Waals surface area contributed by atoms with Gasteiger partial charge in [0.2, 0.25) is 0 Å². The maximum Gasteiger partial charge on any atom is 0.339 e. The third-order valence-corrected chi connectivity index (χ3v) is 3.66. The molecular weight excluding hydrogens is 316 g/mol. The van der Waals surface area contributed by atoms with Crippen molar-refractivity contribution < 1.29 is 14.3 Å². The zero-order valence-electron chi connectivity index (χ0n) is 12.6. The lowest BCUT2D eigenvalue weighted by atomic mass is 10.0. The molecule has 2 aromatic carbocycles. The van der Waals surface area contributed by atoms with Gasteiger partial charge in [0.15, 0.2) is 11.0 Å². The molecule has 0 aliphatic heterocycles. The van der Waals surface area contributed by atoms with Crippen LogP contribution in [-0.4, -0.2) is 11.1 Å². The summed E-state index contributed by atoms with van der Waals surface area (Å²) in [5.41, 5.74) is 2.16. The molecule has 0 spiro atoms. The van der Waals surface area contributed by atoms with Gasteiger partial charge in [0.1, 0.15) is 11.3 Å². The molecular formula is C18H15ClO4. The number of carboxylic acid groups (broad SMARTS) is 1. The summed E-state index contributed by atoms with van der Waals surface area (Å²) < 4.78 is 5.83. The summed E-state index contributed by atoms with van der Waals surface area (Å²) >= 11 is 0. The second-order valence-electron chi connectivity index (χ2n) is 5.24. The Morgan fingerprint density at radius 2 is 1.78 bits per heavy atom. The topological polar surface area (TPSA) is 67.5 Å². The van der Waals surface area contributed by atoms with Gasteiger partial charge in [-0.1, -0.05) is 29.8 Å². The lowest BCUT2D eigenvalue weighted by molar-refractivity contribution is 0.0698. The van der Waals surface area contributed by atoms with Crippen molar-refractivity contribution in [2.24, 2.45) is 0 Å². The molecule has 0 aliphatic carbocycles. The first-order valence-electron chi connectivity index (χ1n) is 6.86. The molecule has 3 aromatic rings. The van der Waals surface area contributed by atoms with E-state index in [1.165, 1.54) is 6.07 Å². The van der Waals surface area contributed by atoms with Gasteiger partial charge < -0.3 is 9.52 Å². The fraction of sp³-hybridized carbons (Fsp3) is 0.111. The van der Waals surface area contributed by atoms with E-state index in [0.29, 0.717) is 11.3 Å². The molecule has 5 heteroatoms. The zero-order valence-corrected chi connectivity index (χ0v) is 13.4. The van der Waals surface area contributed by atoms with E-state index in [9.17, 15) is 14.7 Å². The lowest BCUT2D eigenvalue weighted by Gasteiger charge is -2.09. The van der Waals surface area contributed by atoms with E-state index >= 15 is 0 Å². The Morgan fingerprint density at radius 1 is 1.09 bits per heavy atom. The van der Waals surface area contributed by atoms with E-state index in [0.717, 1.165) is 11.1 Å². The highest BCUT2D eigenvalue weighted by Crippen LogP contribution is 2.27. The number of fused-ring (bicyclic) bond motifs is 1. The van der Waals surface area contributed by atoms with Crippen LogP contribution in [0.3, 0.4) is 0 Å². The first-order valence-corrected chi connectivity index (χ1v) is 6.86. The van der Waals surface area contributed by atoms with Crippen molar-refractivity contribution in [1.29, 1.82) is 0 Å². The van der Waals surface area contributed by atoms with Crippen LogP contribution in [0.4, 0.5) is 0 Å². The molecule has 0 radical (unpaired) electrons. The molecule has 0 fully saturated rings. The Hall–Kier alpha value is -2.59. The molecule has 0 aliphatic rings. The number of rotatable bonds is 2. The van der Waals surface area contributed by atoms with E-state index in [-0.39, 0.29) is 34.4 Å². The molecule has 118 valence electrons. The van der Waals surface area contributed by atoms with Crippen LogP contribution >= 0.6 is 12.4 Å². The normalized spacial score (nSPS) is 10.3. The summed E-state index contributed by atoms with van der Waals surface area (Å²) in [7, 11) is 0. The molecule has 23 heavy (non-hydrogen) atoms. The van der Waals surface area contributed by atoms with Gasteiger partial charge in [0.25, 0.3) is 0 Å². The molecule has 1 N–H and O–H groups in total. The molecule has 3 rings (SSSR count). The maximum atomic E-state index is 12.5. The van der Waals surface area contributed by atoms with Crippen molar-refractivity contribution in [3.05, 3.63) is 69.4 Å². The molecule has 1 heterocycles.